The van der Waals surface area contributed by atoms with Crippen molar-refractivity contribution in [1.82, 2.24) is 10.2 Å². The van der Waals surface area contributed by atoms with Crippen LogP contribution in [0.4, 0.5) is 0 Å². The Morgan fingerprint density at radius 3 is 2.73 bits per heavy atom. The lowest BCUT2D eigenvalue weighted by Gasteiger charge is -1.92. The van der Waals surface area contributed by atoms with Gasteiger partial charge in [-0.15, -0.1) is 0 Å². The monoisotopic (exact) mass is 172 g/mol. The van der Waals surface area contributed by atoms with Crippen LogP contribution < -0.4 is 0 Å². The van der Waals surface area contributed by atoms with E-state index in [2.05, 4.69) is 10.2 Å². The molecule has 0 amide bonds. The molecule has 1 aromatic heterocycles. The van der Waals surface area contributed by atoms with E-state index < -0.39 is 5.24 Å². The number of halogens is 1. The van der Waals surface area contributed by atoms with E-state index in [9.17, 15) is 4.79 Å². The third kappa shape index (κ3) is 1.43. The molecule has 4 heteroatoms. The molecule has 0 radical (unpaired) electrons. The van der Waals surface area contributed by atoms with Crippen molar-refractivity contribution >= 4 is 16.8 Å². The van der Waals surface area contributed by atoms with Crippen molar-refractivity contribution < 1.29 is 4.79 Å². The Morgan fingerprint density at radius 2 is 2.36 bits per heavy atom. The van der Waals surface area contributed by atoms with E-state index in [4.69, 9.17) is 11.6 Å². The number of hydrogen-bond acceptors (Lipinski definition) is 2. The second-order valence-electron chi connectivity index (χ2n) is 2.30. The van der Waals surface area contributed by atoms with Crippen LogP contribution in [0, 0.1) is 6.92 Å². The number of aryl methyl sites for hydroxylation is 1. The fraction of sp³-hybridized carbons (Fsp3) is 0.429. The molecule has 0 saturated heterocycles. The van der Waals surface area contributed by atoms with E-state index in [1.165, 1.54) is 0 Å². The lowest BCUT2D eigenvalue weighted by Crippen LogP contribution is -1.94. The van der Waals surface area contributed by atoms with Gasteiger partial charge >= 0.3 is 0 Å². The molecule has 0 fully saturated rings. The second kappa shape index (κ2) is 3.05. The zero-order chi connectivity index (χ0) is 8.43. The average Bonchev–Trinajstić information content (AvgIpc) is 2.30. The minimum Gasteiger partial charge on any atom is -0.282 e. The first kappa shape index (κ1) is 8.27. The van der Waals surface area contributed by atoms with Gasteiger partial charge in [-0.1, -0.05) is 6.92 Å². The summed E-state index contributed by atoms with van der Waals surface area (Å²) in [6.07, 6.45) is 0.774. The van der Waals surface area contributed by atoms with Crippen LogP contribution in [0.2, 0.25) is 0 Å². The van der Waals surface area contributed by atoms with E-state index in [1.807, 2.05) is 13.8 Å². The highest BCUT2D eigenvalue weighted by Crippen LogP contribution is 2.12. The van der Waals surface area contributed by atoms with Gasteiger partial charge in [-0.3, -0.25) is 9.89 Å². The summed E-state index contributed by atoms with van der Waals surface area (Å²) in [5, 5.41) is 6.00. The number of H-pyrrole nitrogens is 1. The van der Waals surface area contributed by atoms with Crippen LogP contribution in [0.1, 0.15) is 28.7 Å². The first-order valence-corrected chi connectivity index (χ1v) is 3.78. The quantitative estimate of drug-likeness (QED) is 0.690. The fourth-order valence-electron chi connectivity index (χ4n) is 1.05. The summed E-state index contributed by atoms with van der Waals surface area (Å²) < 4.78 is 0. The molecule has 60 valence electrons. The Bertz CT molecular complexity index is 280. The van der Waals surface area contributed by atoms with Crippen molar-refractivity contribution in [1.29, 1.82) is 0 Å². The number of nitrogens with one attached hydrogen (secondary N) is 1. The second-order valence-corrected chi connectivity index (χ2v) is 2.65. The lowest BCUT2D eigenvalue weighted by atomic mass is 10.1. The average molecular weight is 173 g/mol. The van der Waals surface area contributed by atoms with E-state index in [0.29, 0.717) is 5.69 Å². The Balaban J connectivity index is 3.15. The van der Waals surface area contributed by atoms with Crippen molar-refractivity contribution in [2.24, 2.45) is 0 Å². The van der Waals surface area contributed by atoms with Crippen molar-refractivity contribution in [3.8, 4) is 0 Å². The Hall–Kier alpha value is -0.830. The largest absolute Gasteiger partial charge is 0.282 e. The Labute approximate surface area is 69.8 Å². The summed E-state index contributed by atoms with van der Waals surface area (Å²) in [7, 11) is 0. The van der Waals surface area contributed by atoms with Crippen LogP contribution in [0.15, 0.2) is 0 Å². The molecular formula is C7H9ClN2O. The number of carbonyl (C=O) groups is 1. The minimum absolute atomic E-state index is 0.353. The summed E-state index contributed by atoms with van der Waals surface area (Å²) in [4.78, 5) is 10.7. The fourth-order valence-corrected chi connectivity index (χ4v) is 1.20. The van der Waals surface area contributed by atoms with Crippen LogP contribution >= 0.6 is 11.6 Å². The molecule has 0 spiro atoms. The van der Waals surface area contributed by atoms with Gasteiger partial charge < -0.3 is 0 Å². The topological polar surface area (TPSA) is 45.8 Å². The van der Waals surface area contributed by atoms with E-state index in [0.717, 1.165) is 17.7 Å². The van der Waals surface area contributed by atoms with Gasteiger partial charge in [0.1, 0.15) is 5.69 Å². The van der Waals surface area contributed by atoms with Crippen molar-refractivity contribution in [3.05, 3.63) is 17.0 Å². The lowest BCUT2D eigenvalue weighted by molar-refractivity contribution is 0.107. The maximum atomic E-state index is 10.7. The third-order valence-corrected chi connectivity index (χ3v) is 1.79. The summed E-state index contributed by atoms with van der Waals surface area (Å²) >= 11 is 5.28. The molecule has 1 N–H and O–H groups in total. The van der Waals surface area contributed by atoms with Gasteiger partial charge in [0.25, 0.3) is 5.24 Å². The summed E-state index contributed by atoms with van der Waals surface area (Å²) in [5.74, 6) is 0. The van der Waals surface area contributed by atoms with Gasteiger partial charge in [0.05, 0.1) is 0 Å². The van der Waals surface area contributed by atoms with Crippen LogP contribution in [0.25, 0.3) is 0 Å². The van der Waals surface area contributed by atoms with Crippen LogP contribution in [-0.4, -0.2) is 15.4 Å². The molecule has 0 unspecified atom stereocenters. The SMILES string of the molecule is CCc1c(C(=O)Cl)n[nH]c1C. The number of rotatable bonds is 2. The molecule has 0 atom stereocenters. The molecule has 0 bridgehead atoms. The van der Waals surface area contributed by atoms with Gasteiger partial charge in [0.2, 0.25) is 0 Å². The van der Waals surface area contributed by atoms with E-state index in [-0.39, 0.29) is 0 Å². The molecule has 0 aliphatic heterocycles. The molecule has 11 heavy (non-hydrogen) atoms. The van der Waals surface area contributed by atoms with Crippen LogP contribution in [-0.2, 0) is 6.42 Å². The van der Waals surface area contributed by atoms with Crippen molar-refractivity contribution in [2.45, 2.75) is 20.3 Å². The summed E-state index contributed by atoms with van der Waals surface area (Å²) in [6, 6.07) is 0. The molecular weight excluding hydrogens is 164 g/mol. The molecule has 1 heterocycles. The molecule has 0 aliphatic carbocycles. The number of aromatic nitrogens is 2. The summed E-state index contributed by atoms with van der Waals surface area (Å²) in [6.45, 7) is 3.83. The number of carbonyl (C=O) groups excluding carboxylic acids is 1. The maximum absolute atomic E-state index is 10.7. The van der Waals surface area contributed by atoms with E-state index in [1.54, 1.807) is 0 Å². The highest BCUT2D eigenvalue weighted by atomic mass is 35.5. The number of hydrogen-bond donors (Lipinski definition) is 1. The molecule has 0 saturated carbocycles. The zero-order valence-corrected chi connectivity index (χ0v) is 7.20. The van der Waals surface area contributed by atoms with Crippen LogP contribution in [0.5, 0.6) is 0 Å². The maximum Gasteiger partial charge on any atom is 0.272 e. The highest BCUT2D eigenvalue weighted by Gasteiger charge is 2.13. The van der Waals surface area contributed by atoms with Gasteiger partial charge in [-0.25, -0.2) is 0 Å². The first-order chi connectivity index (χ1) is 5.16. The third-order valence-electron chi connectivity index (χ3n) is 1.61. The molecule has 1 aromatic rings. The Morgan fingerprint density at radius 1 is 1.73 bits per heavy atom. The van der Waals surface area contributed by atoms with Gasteiger partial charge in [-0.2, -0.15) is 5.10 Å². The predicted octanol–water partition coefficient (Wildman–Crippen LogP) is 1.66. The normalized spacial score (nSPS) is 10.1. The van der Waals surface area contributed by atoms with Crippen LogP contribution in [0.3, 0.4) is 0 Å². The van der Waals surface area contributed by atoms with Gasteiger partial charge in [0, 0.05) is 11.3 Å². The number of nitrogens with zero attached hydrogens (tertiary/aromatic N) is 1. The Kier molecular flexibility index (Phi) is 2.29. The molecule has 0 aliphatic rings. The van der Waals surface area contributed by atoms with Gasteiger partial charge in [0.15, 0.2) is 0 Å². The smallest absolute Gasteiger partial charge is 0.272 e. The highest BCUT2D eigenvalue weighted by molar-refractivity contribution is 6.67. The molecule has 3 nitrogen and oxygen atoms in total. The number of aromatic amines is 1. The summed E-state index contributed by atoms with van der Waals surface area (Å²) in [5.41, 5.74) is 2.17. The minimum atomic E-state index is -0.494. The standard InChI is InChI=1S/C7H9ClN2O/c1-3-5-4(2)9-10-6(5)7(8)11/h3H2,1-2H3,(H,9,10). The molecule has 0 aromatic carbocycles. The molecule has 1 rings (SSSR count). The zero-order valence-electron chi connectivity index (χ0n) is 6.44. The predicted molar refractivity (Wildman–Crippen MR) is 42.9 cm³/mol. The van der Waals surface area contributed by atoms with E-state index >= 15 is 0 Å². The van der Waals surface area contributed by atoms with Gasteiger partial charge in [-0.05, 0) is 24.9 Å². The first-order valence-electron chi connectivity index (χ1n) is 3.40. The van der Waals surface area contributed by atoms with Crippen molar-refractivity contribution in [3.63, 3.8) is 0 Å². The van der Waals surface area contributed by atoms with Crippen molar-refractivity contribution in [2.75, 3.05) is 0 Å².